The molecule has 0 saturated heterocycles. The van der Waals surface area contributed by atoms with Gasteiger partial charge in [0.15, 0.2) is 0 Å². The molecule has 0 amide bonds. The molecule has 0 saturated carbocycles. The lowest BCUT2D eigenvalue weighted by molar-refractivity contribution is -0.870. The van der Waals surface area contributed by atoms with Crippen LogP contribution < -0.4 is 0 Å². The maximum Gasteiger partial charge on any atom is 0.0853 e. The standard InChI is InChI=1S/C8H17NO/c1-8(10)6-5-7-9(2,3)4/h1,5-7H2,2-4H3/p+1. The van der Waals surface area contributed by atoms with Crippen LogP contribution in [-0.2, 0) is 0 Å². The number of quaternary nitrogens is 1. The number of rotatable bonds is 4. The summed E-state index contributed by atoms with van der Waals surface area (Å²) in [6.45, 7) is 4.51. The predicted octanol–water partition coefficient (Wildman–Crippen LogP) is 1.54. The summed E-state index contributed by atoms with van der Waals surface area (Å²) in [7, 11) is 6.42. The molecule has 0 aliphatic heterocycles. The molecule has 0 heterocycles. The van der Waals surface area contributed by atoms with E-state index in [1.54, 1.807) is 0 Å². The first-order valence-corrected chi connectivity index (χ1v) is 3.59. The molecule has 0 rings (SSSR count). The van der Waals surface area contributed by atoms with E-state index in [4.69, 9.17) is 5.11 Å². The molecule has 2 nitrogen and oxygen atoms in total. The second kappa shape index (κ2) is 3.62. The van der Waals surface area contributed by atoms with Crippen LogP contribution >= 0.6 is 0 Å². The van der Waals surface area contributed by atoms with Gasteiger partial charge < -0.3 is 9.59 Å². The monoisotopic (exact) mass is 144 g/mol. The summed E-state index contributed by atoms with van der Waals surface area (Å²) in [6.07, 6.45) is 1.74. The molecule has 10 heavy (non-hydrogen) atoms. The van der Waals surface area contributed by atoms with Crippen LogP contribution in [0.5, 0.6) is 0 Å². The Kier molecular flexibility index (Phi) is 3.43. The van der Waals surface area contributed by atoms with Crippen LogP contribution in [0.1, 0.15) is 12.8 Å². The Morgan fingerprint density at radius 2 is 1.90 bits per heavy atom. The van der Waals surface area contributed by atoms with Crippen molar-refractivity contribution in [1.29, 1.82) is 0 Å². The zero-order valence-electron chi connectivity index (χ0n) is 7.22. The Labute approximate surface area is 63.4 Å². The molecule has 0 aliphatic carbocycles. The van der Waals surface area contributed by atoms with Crippen molar-refractivity contribution >= 4 is 0 Å². The zero-order valence-corrected chi connectivity index (χ0v) is 7.22. The first-order chi connectivity index (χ1) is 4.42. The summed E-state index contributed by atoms with van der Waals surface area (Å²) >= 11 is 0. The third-order valence-electron chi connectivity index (χ3n) is 1.29. The average Bonchev–Trinajstić information content (AvgIpc) is 1.59. The van der Waals surface area contributed by atoms with E-state index >= 15 is 0 Å². The second-order valence-corrected chi connectivity index (χ2v) is 3.68. The SMILES string of the molecule is C=C(O)CCC[N+](C)(C)C. The highest BCUT2D eigenvalue weighted by Gasteiger charge is 2.05. The molecule has 60 valence electrons. The molecule has 0 aromatic rings. The maximum atomic E-state index is 8.75. The molecule has 0 aliphatic rings. The smallest absolute Gasteiger partial charge is 0.0853 e. The minimum Gasteiger partial charge on any atom is -0.513 e. The minimum absolute atomic E-state index is 0.299. The summed E-state index contributed by atoms with van der Waals surface area (Å²) in [6, 6.07) is 0. The quantitative estimate of drug-likeness (QED) is 0.469. The van der Waals surface area contributed by atoms with Gasteiger partial charge >= 0.3 is 0 Å². The second-order valence-electron chi connectivity index (χ2n) is 3.68. The van der Waals surface area contributed by atoms with E-state index in [0.29, 0.717) is 5.76 Å². The van der Waals surface area contributed by atoms with Crippen molar-refractivity contribution in [3.63, 3.8) is 0 Å². The highest BCUT2D eigenvalue weighted by molar-refractivity contribution is 4.77. The minimum atomic E-state index is 0.299. The van der Waals surface area contributed by atoms with Gasteiger partial charge in [0, 0.05) is 12.8 Å². The summed E-state index contributed by atoms with van der Waals surface area (Å²) in [5, 5.41) is 8.75. The predicted molar refractivity (Wildman–Crippen MR) is 43.9 cm³/mol. The Hall–Kier alpha value is -0.500. The van der Waals surface area contributed by atoms with Crippen molar-refractivity contribution in [3.8, 4) is 0 Å². The Morgan fingerprint density at radius 1 is 1.40 bits per heavy atom. The molecule has 1 N–H and O–H groups in total. The fourth-order valence-electron chi connectivity index (χ4n) is 0.757. The summed E-state index contributed by atoms with van der Waals surface area (Å²) in [4.78, 5) is 0. The van der Waals surface area contributed by atoms with Gasteiger partial charge in [0.2, 0.25) is 0 Å². The van der Waals surface area contributed by atoms with E-state index in [1.165, 1.54) is 0 Å². The van der Waals surface area contributed by atoms with Gasteiger partial charge in [-0.1, -0.05) is 6.58 Å². The Morgan fingerprint density at radius 3 is 2.20 bits per heavy atom. The van der Waals surface area contributed by atoms with Crippen molar-refractivity contribution in [2.45, 2.75) is 12.8 Å². The Balaban J connectivity index is 3.29. The first kappa shape index (κ1) is 9.50. The highest BCUT2D eigenvalue weighted by atomic mass is 16.3. The molecule has 0 spiro atoms. The van der Waals surface area contributed by atoms with Gasteiger partial charge in [-0.2, -0.15) is 0 Å². The van der Waals surface area contributed by atoms with Crippen molar-refractivity contribution < 1.29 is 9.59 Å². The van der Waals surface area contributed by atoms with Crippen LogP contribution in [0.25, 0.3) is 0 Å². The first-order valence-electron chi connectivity index (χ1n) is 3.59. The van der Waals surface area contributed by atoms with Crippen LogP contribution in [0.4, 0.5) is 0 Å². The van der Waals surface area contributed by atoms with Gasteiger partial charge in [-0.15, -0.1) is 0 Å². The molecule has 0 aromatic heterocycles. The number of allylic oxidation sites excluding steroid dienone is 1. The lowest BCUT2D eigenvalue weighted by Crippen LogP contribution is -2.35. The van der Waals surface area contributed by atoms with Crippen molar-refractivity contribution in [3.05, 3.63) is 12.3 Å². The van der Waals surface area contributed by atoms with Gasteiger partial charge in [0.1, 0.15) is 0 Å². The van der Waals surface area contributed by atoms with Gasteiger partial charge in [-0.3, -0.25) is 0 Å². The molecular weight excluding hydrogens is 126 g/mol. The maximum absolute atomic E-state index is 8.75. The summed E-state index contributed by atoms with van der Waals surface area (Å²) in [5.74, 6) is 0.299. The van der Waals surface area contributed by atoms with Crippen LogP contribution in [0.3, 0.4) is 0 Å². The van der Waals surface area contributed by atoms with E-state index in [2.05, 4.69) is 27.7 Å². The zero-order chi connectivity index (χ0) is 8.20. The third kappa shape index (κ3) is 7.50. The molecule has 0 radical (unpaired) electrons. The fourth-order valence-corrected chi connectivity index (χ4v) is 0.757. The van der Waals surface area contributed by atoms with Crippen LogP contribution in [0, 0.1) is 0 Å². The van der Waals surface area contributed by atoms with Crippen LogP contribution in [0.2, 0.25) is 0 Å². The molecule has 0 unspecified atom stereocenters. The molecule has 0 aromatic carbocycles. The van der Waals surface area contributed by atoms with Gasteiger partial charge in [-0.25, -0.2) is 0 Å². The molecule has 2 heteroatoms. The number of aliphatic hydroxyl groups is 1. The highest BCUT2D eigenvalue weighted by Crippen LogP contribution is 2.01. The van der Waals surface area contributed by atoms with Gasteiger partial charge in [0.25, 0.3) is 0 Å². The van der Waals surface area contributed by atoms with Crippen molar-refractivity contribution in [1.82, 2.24) is 0 Å². The number of nitrogens with zero attached hydrogens (tertiary/aromatic N) is 1. The van der Waals surface area contributed by atoms with E-state index in [-0.39, 0.29) is 0 Å². The third-order valence-corrected chi connectivity index (χ3v) is 1.29. The Bertz CT molecular complexity index is 113. The average molecular weight is 144 g/mol. The number of aliphatic hydroxyl groups excluding tert-OH is 1. The molecular formula is C8H18NO+. The fraction of sp³-hybridized carbons (Fsp3) is 0.750. The summed E-state index contributed by atoms with van der Waals surface area (Å²) < 4.78 is 0.952. The lowest BCUT2D eigenvalue weighted by Gasteiger charge is -2.23. The van der Waals surface area contributed by atoms with Crippen LogP contribution in [0.15, 0.2) is 12.3 Å². The molecule has 0 bridgehead atoms. The van der Waals surface area contributed by atoms with Gasteiger partial charge in [0.05, 0.1) is 33.4 Å². The van der Waals surface area contributed by atoms with E-state index < -0.39 is 0 Å². The lowest BCUT2D eigenvalue weighted by atomic mass is 10.2. The van der Waals surface area contributed by atoms with Crippen molar-refractivity contribution in [2.75, 3.05) is 27.7 Å². The van der Waals surface area contributed by atoms with Crippen molar-refractivity contribution in [2.24, 2.45) is 0 Å². The normalized spacial score (nSPS) is 11.5. The van der Waals surface area contributed by atoms with E-state index in [9.17, 15) is 0 Å². The van der Waals surface area contributed by atoms with Crippen LogP contribution in [-0.4, -0.2) is 37.3 Å². The van der Waals surface area contributed by atoms with E-state index in [0.717, 1.165) is 23.9 Å². The topological polar surface area (TPSA) is 20.2 Å². The number of hydrogen-bond donors (Lipinski definition) is 1. The number of hydrogen-bond acceptors (Lipinski definition) is 1. The van der Waals surface area contributed by atoms with E-state index in [1.807, 2.05) is 0 Å². The van der Waals surface area contributed by atoms with Gasteiger partial charge in [-0.05, 0) is 0 Å². The molecule has 0 fully saturated rings. The summed E-state index contributed by atoms with van der Waals surface area (Å²) in [5.41, 5.74) is 0. The largest absolute Gasteiger partial charge is 0.513 e. The molecule has 0 atom stereocenters.